The van der Waals surface area contributed by atoms with Gasteiger partial charge in [-0.2, -0.15) is 18.3 Å². The van der Waals surface area contributed by atoms with Crippen LogP contribution in [-0.4, -0.2) is 38.5 Å². The molecule has 150 valence electrons. The van der Waals surface area contributed by atoms with Gasteiger partial charge in [-0.25, -0.2) is 9.50 Å². The third-order valence-corrected chi connectivity index (χ3v) is 5.63. The standard InChI is InChI=1S/C20H23F3N4O/c1-13-10-17(20(21,22)23)27-18(24-13)11-16(25-27)15-8-5-9-26(12-15)19(28)14-6-3-2-4-7-14/h2-3,10-11,14-15H,4-9,12H2,1H3/t14-,15-/m1/s1. The summed E-state index contributed by atoms with van der Waals surface area (Å²) in [5.74, 6) is 0.105. The lowest BCUT2D eigenvalue weighted by Crippen LogP contribution is -2.42. The highest BCUT2D eigenvalue weighted by Gasteiger charge is 2.36. The van der Waals surface area contributed by atoms with Crippen LogP contribution in [0.3, 0.4) is 0 Å². The number of aryl methyl sites for hydroxylation is 1. The van der Waals surface area contributed by atoms with E-state index in [-0.39, 0.29) is 23.4 Å². The summed E-state index contributed by atoms with van der Waals surface area (Å²) in [5, 5.41) is 4.24. The van der Waals surface area contributed by atoms with Crippen molar-refractivity contribution in [1.82, 2.24) is 19.5 Å². The molecule has 0 saturated carbocycles. The van der Waals surface area contributed by atoms with Gasteiger partial charge in [0.25, 0.3) is 0 Å². The Bertz CT molecular complexity index is 918. The van der Waals surface area contributed by atoms with E-state index in [0.717, 1.165) is 42.7 Å². The van der Waals surface area contributed by atoms with Crippen molar-refractivity contribution >= 4 is 11.6 Å². The van der Waals surface area contributed by atoms with Crippen LogP contribution in [0.2, 0.25) is 0 Å². The summed E-state index contributed by atoms with van der Waals surface area (Å²) in [4.78, 5) is 18.9. The molecule has 3 heterocycles. The number of likely N-dealkylation sites (tertiary alicyclic amines) is 1. The summed E-state index contributed by atoms with van der Waals surface area (Å²) in [6.45, 7) is 2.75. The molecule has 5 nitrogen and oxygen atoms in total. The molecule has 1 fully saturated rings. The lowest BCUT2D eigenvalue weighted by atomic mass is 9.90. The van der Waals surface area contributed by atoms with Crippen LogP contribution in [-0.2, 0) is 11.0 Å². The van der Waals surface area contributed by atoms with Gasteiger partial charge in [0, 0.05) is 36.7 Å². The first-order valence-electron chi connectivity index (χ1n) is 9.71. The van der Waals surface area contributed by atoms with Gasteiger partial charge in [-0.3, -0.25) is 4.79 Å². The molecule has 1 aliphatic heterocycles. The number of amides is 1. The zero-order valence-electron chi connectivity index (χ0n) is 15.7. The fraction of sp³-hybridized carbons (Fsp3) is 0.550. The van der Waals surface area contributed by atoms with E-state index in [1.54, 1.807) is 13.0 Å². The van der Waals surface area contributed by atoms with Crippen LogP contribution < -0.4 is 0 Å². The Kier molecular flexibility index (Phi) is 4.89. The molecule has 0 unspecified atom stereocenters. The molecule has 28 heavy (non-hydrogen) atoms. The van der Waals surface area contributed by atoms with Crippen molar-refractivity contribution in [2.24, 2.45) is 5.92 Å². The SMILES string of the molecule is Cc1cc(C(F)(F)F)n2nc([C@@H]3CCCN(C(=O)[C@@H]4CC=CCC4)C3)cc2n1. The third kappa shape index (κ3) is 3.64. The molecule has 2 aliphatic rings. The molecular formula is C20H23F3N4O. The molecule has 1 amide bonds. The van der Waals surface area contributed by atoms with Crippen LogP contribution in [0.5, 0.6) is 0 Å². The number of aromatic nitrogens is 3. The van der Waals surface area contributed by atoms with Crippen molar-refractivity contribution < 1.29 is 18.0 Å². The van der Waals surface area contributed by atoms with E-state index in [4.69, 9.17) is 0 Å². The van der Waals surface area contributed by atoms with E-state index in [9.17, 15) is 18.0 Å². The lowest BCUT2D eigenvalue weighted by Gasteiger charge is -2.34. The van der Waals surface area contributed by atoms with Crippen molar-refractivity contribution in [3.8, 4) is 0 Å². The Hall–Kier alpha value is -2.38. The van der Waals surface area contributed by atoms with Crippen LogP contribution in [0.4, 0.5) is 13.2 Å². The second kappa shape index (κ2) is 7.22. The fourth-order valence-corrected chi connectivity index (χ4v) is 4.21. The maximum absolute atomic E-state index is 13.4. The number of piperidine rings is 1. The molecule has 2 atom stereocenters. The average molecular weight is 392 g/mol. The molecule has 8 heteroatoms. The molecular weight excluding hydrogens is 369 g/mol. The zero-order valence-corrected chi connectivity index (χ0v) is 15.7. The van der Waals surface area contributed by atoms with Gasteiger partial charge < -0.3 is 4.90 Å². The van der Waals surface area contributed by atoms with Crippen molar-refractivity contribution in [3.05, 3.63) is 41.4 Å². The van der Waals surface area contributed by atoms with Crippen molar-refractivity contribution in [2.45, 2.75) is 51.1 Å². The zero-order chi connectivity index (χ0) is 19.9. The van der Waals surface area contributed by atoms with Crippen molar-refractivity contribution in [2.75, 3.05) is 13.1 Å². The predicted molar refractivity (Wildman–Crippen MR) is 97.8 cm³/mol. The molecule has 0 N–H and O–H groups in total. The monoisotopic (exact) mass is 392 g/mol. The number of hydrogen-bond acceptors (Lipinski definition) is 3. The van der Waals surface area contributed by atoms with Gasteiger partial charge in [-0.05, 0) is 45.1 Å². The highest BCUT2D eigenvalue weighted by atomic mass is 19.4. The van der Waals surface area contributed by atoms with Gasteiger partial charge in [0.2, 0.25) is 5.91 Å². The number of rotatable bonds is 2. The number of halogens is 3. The van der Waals surface area contributed by atoms with Crippen LogP contribution in [0.1, 0.15) is 55.1 Å². The number of carbonyl (C=O) groups is 1. The van der Waals surface area contributed by atoms with Gasteiger partial charge in [-0.15, -0.1) is 0 Å². The van der Waals surface area contributed by atoms with E-state index in [0.29, 0.717) is 24.5 Å². The minimum absolute atomic E-state index is 0.0194. The predicted octanol–water partition coefficient (Wildman–Crippen LogP) is 4.12. The number of allylic oxidation sites excluding steroid dienone is 2. The molecule has 2 aromatic heterocycles. The van der Waals surface area contributed by atoms with E-state index < -0.39 is 11.9 Å². The van der Waals surface area contributed by atoms with Gasteiger partial charge >= 0.3 is 6.18 Å². The van der Waals surface area contributed by atoms with E-state index in [1.807, 2.05) is 4.90 Å². The summed E-state index contributed by atoms with van der Waals surface area (Å²) in [5.41, 5.74) is 0.254. The minimum atomic E-state index is -4.50. The number of nitrogens with zero attached hydrogens (tertiary/aromatic N) is 4. The Labute approximate surface area is 161 Å². The first-order chi connectivity index (χ1) is 13.3. The van der Waals surface area contributed by atoms with Gasteiger partial charge in [0.15, 0.2) is 5.65 Å². The van der Waals surface area contributed by atoms with Gasteiger partial charge in [0.05, 0.1) is 5.69 Å². The van der Waals surface area contributed by atoms with Crippen LogP contribution in [0.25, 0.3) is 5.65 Å². The molecule has 0 aromatic carbocycles. The van der Waals surface area contributed by atoms with E-state index in [1.165, 1.54) is 0 Å². The quantitative estimate of drug-likeness (QED) is 0.723. The number of fused-ring (bicyclic) bond motifs is 1. The topological polar surface area (TPSA) is 50.5 Å². The van der Waals surface area contributed by atoms with Gasteiger partial charge in [0.1, 0.15) is 5.69 Å². The highest BCUT2D eigenvalue weighted by Crippen LogP contribution is 2.33. The second-order valence-electron chi connectivity index (χ2n) is 7.72. The molecule has 1 aliphatic carbocycles. The summed E-state index contributed by atoms with van der Waals surface area (Å²) < 4.78 is 41.0. The molecule has 0 spiro atoms. The second-order valence-corrected chi connectivity index (χ2v) is 7.72. The van der Waals surface area contributed by atoms with Crippen molar-refractivity contribution in [3.63, 3.8) is 0 Å². The first kappa shape index (κ1) is 19.0. The van der Waals surface area contributed by atoms with Crippen molar-refractivity contribution in [1.29, 1.82) is 0 Å². The van der Waals surface area contributed by atoms with E-state index in [2.05, 4.69) is 22.2 Å². The summed E-state index contributed by atoms with van der Waals surface area (Å²) in [6.07, 6.45) is 3.85. The molecule has 0 bridgehead atoms. The Morgan fingerprint density at radius 1 is 1.21 bits per heavy atom. The summed E-state index contributed by atoms with van der Waals surface area (Å²) >= 11 is 0. The maximum Gasteiger partial charge on any atom is 0.433 e. The summed E-state index contributed by atoms with van der Waals surface area (Å²) in [6, 6.07) is 2.64. The average Bonchev–Trinajstić information content (AvgIpc) is 3.10. The maximum atomic E-state index is 13.4. The Morgan fingerprint density at radius 3 is 2.75 bits per heavy atom. The number of hydrogen-bond donors (Lipinski definition) is 0. The summed E-state index contributed by atoms with van der Waals surface area (Å²) in [7, 11) is 0. The lowest BCUT2D eigenvalue weighted by molar-refractivity contribution is -0.142. The molecule has 0 radical (unpaired) electrons. The fourth-order valence-electron chi connectivity index (χ4n) is 4.21. The Balaban J connectivity index is 1.59. The normalized spacial score (nSPS) is 23.4. The Morgan fingerprint density at radius 2 is 2.04 bits per heavy atom. The van der Waals surface area contributed by atoms with E-state index >= 15 is 0 Å². The first-order valence-corrected chi connectivity index (χ1v) is 9.71. The highest BCUT2D eigenvalue weighted by molar-refractivity contribution is 5.79. The minimum Gasteiger partial charge on any atom is -0.342 e. The van der Waals surface area contributed by atoms with Crippen LogP contribution in [0.15, 0.2) is 24.3 Å². The molecule has 2 aromatic rings. The smallest absolute Gasteiger partial charge is 0.342 e. The number of carbonyl (C=O) groups excluding carboxylic acids is 1. The van der Waals surface area contributed by atoms with Crippen LogP contribution in [0, 0.1) is 12.8 Å². The molecule has 1 saturated heterocycles. The van der Waals surface area contributed by atoms with Gasteiger partial charge in [-0.1, -0.05) is 12.2 Å². The number of alkyl halides is 3. The van der Waals surface area contributed by atoms with Crippen LogP contribution >= 0.6 is 0 Å². The third-order valence-electron chi connectivity index (χ3n) is 5.63. The largest absolute Gasteiger partial charge is 0.433 e. The molecule has 4 rings (SSSR count).